The van der Waals surface area contributed by atoms with Crippen molar-refractivity contribution in [2.75, 3.05) is 13.2 Å². The highest BCUT2D eigenvalue weighted by atomic mass is 16.8. The monoisotopic (exact) mass is 274 g/mol. The summed E-state index contributed by atoms with van der Waals surface area (Å²) < 4.78 is 9.67. The van der Waals surface area contributed by atoms with E-state index in [9.17, 15) is 9.90 Å². The molecule has 0 aliphatic rings. The molecule has 0 spiro atoms. The second-order valence-electron chi connectivity index (χ2n) is 4.66. The van der Waals surface area contributed by atoms with Gasteiger partial charge in [-0.15, -0.1) is 0 Å². The van der Waals surface area contributed by atoms with Crippen LogP contribution in [0.2, 0.25) is 0 Å². The fourth-order valence-corrected chi connectivity index (χ4v) is 1.45. The lowest BCUT2D eigenvalue weighted by Gasteiger charge is -2.25. The Balaban J connectivity index is 3.85. The van der Waals surface area contributed by atoms with Crippen LogP contribution in [0.1, 0.15) is 52.4 Å². The van der Waals surface area contributed by atoms with Gasteiger partial charge >= 0.3 is 11.9 Å². The Hall–Kier alpha value is -0.910. The molecule has 0 aliphatic heterocycles. The standard InChI is InChI=1S/C14H26O5/c1-4-5-6-7-8-9-10-18-14(17,11-15)19-13(16)12(2)3/h15,17H,2,4-11H2,1,3H3. The molecule has 0 aliphatic carbocycles. The van der Waals surface area contributed by atoms with Gasteiger partial charge in [-0.3, -0.25) is 0 Å². The van der Waals surface area contributed by atoms with Gasteiger partial charge in [0.05, 0.1) is 6.61 Å². The van der Waals surface area contributed by atoms with Crippen molar-refractivity contribution in [3.05, 3.63) is 12.2 Å². The van der Waals surface area contributed by atoms with E-state index in [2.05, 4.69) is 18.2 Å². The highest BCUT2D eigenvalue weighted by Gasteiger charge is 2.32. The van der Waals surface area contributed by atoms with Crippen LogP contribution in [0.4, 0.5) is 0 Å². The predicted octanol–water partition coefficient (Wildman–Crippen LogP) is 2.12. The normalized spacial score (nSPS) is 13.9. The van der Waals surface area contributed by atoms with E-state index in [0.29, 0.717) is 0 Å². The molecule has 0 radical (unpaired) electrons. The minimum absolute atomic E-state index is 0.134. The smallest absolute Gasteiger partial charge is 0.351 e. The first-order valence-corrected chi connectivity index (χ1v) is 6.81. The predicted molar refractivity (Wildman–Crippen MR) is 72.3 cm³/mol. The molecule has 0 amide bonds. The van der Waals surface area contributed by atoms with Gasteiger partial charge in [-0.05, 0) is 13.3 Å². The van der Waals surface area contributed by atoms with Crippen LogP contribution in [-0.2, 0) is 14.3 Å². The van der Waals surface area contributed by atoms with E-state index in [1.165, 1.54) is 26.2 Å². The van der Waals surface area contributed by atoms with E-state index < -0.39 is 18.5 Å². The van der Waals surface area contributed by atoms with E-state index in [-0.39, 0.29) is 12.2 Å². The fraction of sp³-hybridized carbons (Fsp3) is 0.786. The number of aliphatic hydroxyl groups is 2. The maximum Gasteiger partial charge on any atom is 0.351 e. The van der Waals surface area contributed by atoms with Gasteiger partial charge in [0.1, 0.15) is 6.61 Å². The summed E-state index contributed by atoms with van der Waals surface area (Å²) in [6, 6.07) is 0. The minimum atomic E-state index is -2.26. The Morgan fingerprint density at radius 3 is 2.32 bits per heavy atom. The maximum atomic E-state index is 11.3. The Labute approximate surface area is 115 Å². The molecule has 0 rings (SSSR count). The number of unbranched alkanes of at least 4 members (excludes halogenated alkanes) is 5. The van der Waals surface area contributed by atoms with Gasteiger partial charge in [-0.2, -0.15) is 0 Å². The topological polar surface area (TPSA) is 76.0 Å². The Kier molecular flexibility index (Phi) is 9.47. The second kappa shape index (κ2) is 9.95. The zero-order chi connectivity index (χ0) is 14.7. The van der Waals surface area contributed by atoms with Crippen molar-refractivity contribution in [3.63, 3.8) is 0 Å². The molecule has 2 N–H and O–H groups in total. The van der Waals surface area contributed by atoms with Crippen molar-refractivity contribution in [1.82, 2.24) is 0 Å². The molecule has 0 aromatic carbocycles. The number of carbonyl (C=O) groups excluding carboxylic acids is 1. The van der Waals surface area contributed by atoms with Gasteiger partial charge in [0.2, 0.25) is 0 Å². The van der Waals surface area contributed by atoms with Crippen LogP contribution in [0.25, 0.3) is 0 Å². The number of aliphatic hydroxyl groups excluding tert-OH is 1. The quantitative estimate of drug-likeness (QED) is 0.261. The van der Waals surface area contributed by atoms with Crippen molar-refractivity contribution >= 4 is 5.97 Å². The molecule has 5 heteroatoms. The molecule has 19 heavy (non-hydrogen) atoms. The zero-order valence-corrected chi connectivity index (χ0v) is 12.0. The van der Waals surface area contributed by atoms with Gasteiger partial charge in [-0.1, -0.05) is 45.6 Å². The molecule has 1 atom stereocenters. The maximum absolute atomic E-state index is 11.3. The molecule has 1 unspecified atom stereocenters. The van der Waals surface area contributed by atoms with Crippen molar-refractivity contribution in [2.24, 2.45) is 0 Å². The summed E-state index contributed by atoms with van der Waals surface area (Å²) in [7, 11) is 0. The van der Waals surface area contributed by atoms with Gasteiger partial charge in [-0.25, -0.2) is 4.79 Å². The molecule has 0 heterocycles. The number of hydrogen-bond donors (Lipinski definition) is 2. The third kappa shape index (κ3) is 8.75. The summed E-state index contributed by atoms with van der Waals surface area (Å²) in [5, 5.41) is 18.7. The third-order valence-corrected chi connectivity index (χ3v) is 2.63. The fourth-order valence-electron chi connectivity index (χ4n) is 1.45. The van der Waals surface area contributed by atoms with Crippen molar-refractivity contribution in [2.45, 2.75) is 58.3 Å². The van der Waals surface area contributed by atoms with Gasteiger partial charge in [0.15, 0.2) is 0 Å². The second-order valence-corrected chi connectivity index (χ2v) is 4.66. The molecule has 5 nitrogen and oxygen atoms in total. The SMILES string of the molecule is C=C(C)C(=O)OC(O)(CO)OCCCCCCCC. The molecule has 0 aromatic rings. The van der Waals surface area contributed by atoms with Crippen LogP contribution in [0.5, 0.6) is 0 Å². The lowest BCUT2D eigenvalue weighted by Crippen LogP contribution is -2.42. The van der Waals surface area contributed by atoms with Crippen LogP contribution in [0, 0.1) is 0 Å². The van der Waals surface area contributed by atoms with Crippen molar-refractivity contribution in [1.29, 1.82) is 0 Å². The number of ether oxygens (including phenoxy) is 2. The van der Waals surface area contributed by atoms with E-state index in [1.54, 1.807) is 0 Å². The molecule has 0 saturated heterocycles. The largest absolute Gasteiger partial charge is 0.402 e. The highest BCUT2D eigenvalue weighted by Crippen LogP contribution is 2.13. The summed E-state index contributed by atoms with van der Waals surface area (Å²) in [6.45, 7) is 6.42. The molecule has 0 aromatic heterocycles. The Morgan fingerprint density at radius 2 is 1.79 bits per heavy atom. The first kappa shape index (κ1) is 18.1. The van der Waals surface area contributed by atoms with E-state index >= 15 is 0 Å². The Morgan fingerprint density at radius 1 is 1.21 bits per heavy atom. The van der Waals surface area contributed by atoms with Crippen molar-refractivity contribution < 1.29 is 24.5 Å². The number of carbonyl (C=O) groups is 1. The van der Waals surface area contributed by atoms with Gasteiger partial charge < -0.3 is 19.7 Å². The number of rotatable bonds is 11. The number of hydrogen-bond acceptors (Lipinski definition) is 5. The summed E-state index contributed by atoms with van der Waals surface area (Å²) in [5.74, 6) is -3.06. The molecule has 0 saturated carbocycles. The van der Waals surface area contributed by atoms with Crippen LogP contribution in [0.15, 0.2) is 12.2 Å². The number of esters is 1. The van der Waals surface area contributed by atoms with Crippen LogP contribution in [0.3, 0.4) is 0 Å². The van der Waals surface area contributed by atoms with E-state index in [1.807, 2.05) is 0 Å². The average molecular weight is 274 g/mol. The minimum Gasteiger partial charge on any atom is -0.402 e. The lowest BCUT2D eigenvalue weighted by molar-refractivity contribution is -0.353. The van der Waals surface area contributed by atoms with E-state index in [0.717, 1.165) is 19.3 Å². The summed E-state index contributed by atoms with van der Waals surface area (Å²) >= 11 is 0. The van der Waals surface area contributed by atoms with Gasteiger partial charge in [0.25, 0.3) is 0 Å². The molecule has 0 fully saturated rings. The van der Waals surface area contributed by atoms with Crippen LogP contribution >= 0.6 is 0 Å². The van der Waals surface area contributed by atoms with Crippen LogP contribution < -0.4 is 0 Å². The molecule has 112 valence electrons. The third-order valence-electron chi connectivity index (χ3n) is 2.63. The summed E-state index contributed by atoms with van der Waals surface area (Å²) in [6.07, 6.45) is 6.44. The average Bonchev–Trinajstić information content (AvgIpc) is 2.37. The van der Waals surface area contributed by atoms with E-state index in [4.69, 9.17) is 9.84 Å². The summed E-state index contributed by atoms with van der Waals surface area (Å²) in [5.41, 5.74) is 0.134. The first-order chi connectivity index (χ1) is 8.95. The molecule has 0 bridgehead atoms. The highest BCUT2D eigenvalue weighted by molar-refractivity contribution is 5.87. The van der Waals surface area contributed by atoms with Crippen LogP contribution in [-0.4, -0.2) is 35.4 Å². The van der Waals surface area contributed by atoms with Gasteiger partial charge in [0, 0.05) is 5.57 Å². The first-order valence-electron chi connectivity index (χ1n) is 6.81. The Bertz CT molecular complexity index is 277. The molecular weight excluding hydrogens is 248 g/mol. The summed E-state index contributed by atoms with van der Waals surface area (Å²) in [4.78, 5) is 11.3. The van der Waals surface area contributed by atoms with Crippen molar-refractivity contribution in [3.8, 4) is 0 Å². The zero-order valence-electron chi connectivity index (χ0n) is 12.0. The molecular formula is C14H26O5. The lowest BCUT2D eigenvalue weighted by atomic mass is 10.1.